The molecule has 1 rings (SSSR count). The van der Waals surface area contributed by atoms with Gasteiger partial charge in [-0.1, -0.05) is 24.3 Å². The minimum Gasteiger partial charge on any atom is -0.299 e. The number of allylic oxidation sites excluding steroid dienone is 1. The van der Waals surface area contributed by atoms with E-state index in [1.165, 1.54) is 24.3 Å². The normalized spacial score (nSPS) is 11.8. The molecule has 0 aliphatic rings. The van der Waals surface area contributed by atoms with E-state index in [1.807, 2.05) is 0 Å². The number of carbonyl (C=O) groups excluding carboxylic acids is 1. The lowest BCUT2D eigenvalue weighted by atomic mass is 10.2. The molecule has 1 N–H and O–H groups in total. The summed E-state index contributed by atoms with van der Waals surface area (Å²) in [6.45, 7) is 0. The lowest BCUT2D eigenvalue weighted by Gasteiger charge is -2.00. The topological polar surface area (TPSA) is 71.4 Å². The Morgan fingerprint density at radius 3 is 2.43 bits per heavy atom. The molecule has 0 fully saturated rings. The zero-order valence-corrected chi connectivity index (χ0v) is 7.94. The van der Waals surface area contributed by atoms with Crippen LogP contribution in [0.25, 0.3) is 6.08 Å². The van der Waals surface area contributed by atoms with E-state index < -0.39 is 10.1 Å². The van der Waals surface area contributed by atoms with E-state index in [0.29, 0.717) is 6.29 Å². The maximum Gasteiger partial charge on any atom is 0.295 e. The molecule has 0 spiro atoms. The molecule has 0 aliphatic heterocycles. The van der Waals surface area contributed by atoms with Crippen LogP contribution in [0.1, 0.15) is 5.56 Å². The summed E-state index contributed by atoms with van der Waals surface area (Å²) in [5.41, 5.74) is 0.280. The van der Waals surface area contributed by atoms with E-state index in [4.69, 9.17) is 4.55 Å². The maximum atomic E-state index is 10.9. The summed E-state index contributed by atoms with van der Waals surface area (Å²) in [4.78, 5) is 9.83. The highest BCUT2D eigenvalue weighted by molar-refractivity contribution is 7.85. The number of carbonyl (C=O) groups is 1. The summed E-state index contributed by atoms with van der Waals surface area (Å²) >= 11 is 0. The monoisotopic (exact) mass is 212 g/mol. The van der Waals surface area contributed by atoms with Crippen LogP contribution in [-0.4, -0.2) is 19.3 Å². The first-order valence-corrected chi connectivity index (χ1v) is 5.18. The lowest BCUT2D eigenvalue weighted by molar-refractivity contribution is -0.104. The van der Waals surface area contributed by atoms with Gasteiger partial charge in [-0.3, -0.25) is 9.35 Å². The van der Waals surface area contributed by atoms with Gasteiger partial charge in [0, 0.05) is 0 Å². The van der Waals surface area contributed by atoms with E-state index >= 15 is 0 Å². The average Bonchev–Trinajstić information content (AvgIpc) is 2.14. The summed E-state index contributed by atoms with van der Waals surface area (Å²) in [6, 6.07) is 5.85. The van der Waals surface area contributed by atoms with Crippen molar-refractivity contribution in [2.75, 3.05) is 0 Å². The molecule has 0 bridgehead atoms. The number of benzene rings is 1. The van der Waals surface area contributed by atoms with Crippen LogP contribution in [0.2, 0.25) is 0 Å². The maximum absolute atomic E-state index is 10.9. The minimum absolute atomic E-state index is 0.210. The van der Waals surface area contributed by atoms with Crippen LogP contribution in [0.4, 0.5) is 0 Å². The average molecular weight is 212 g/mol. The van der Waals surface area contributed by atoms with Gasteiger partial charge in [-0.2, -0.15) is 8.42 Å². The number of hydrogen-bond donors (Lipinski definition) is 1. The van der Waals surface area contributed by atoms with Crippen molar-refractivity contribution < 1.29 is 17.8 Å². The van der Waals surface area contributed by atoms with Crippen LogP contribution in [0.3, 0.4) is 0 Å². The highest BCUT2D eigenvalue weighted by atomic mass is 32.2. The molecule has 0 aromatic heterocycles. The van der Waals surface area contributed by atoms with Crippen LogP contribution in [0, 0.1) is 0 Å². The molecule has 0 aliphatic carbocycles. The van der Waals surface area contributed by atoms with Gasteiger partial charge in [0.1, 0.15) is 11.2 Å². The van der Waals surface area contributed by atoms with Gasteiger partial charge in [0.2, 0.25) is 0 Å². The third-order valence-corrected chi connectivity index (χ3v) is 2.48. The molecule has 14 heavy (non-hydrogen) atoms. The van der Waals surface area contributed by atoms with Gasteiger partial charge in [0.25, 0.3) is 10.1 Å². The van der Waals surface area contributed by atoms with Gasteiger partial charge in [-0.05, 0) is 17.7 Å². The molecule has 0 saturated carbocycles. The Hall–Kier alpha value is -1.46. The molecular weight excluding hydrogens is 204 g/mol. The lowest BCUT2D eigenvalue weighted by Crippen LogP contribution is -2.00. The van der Waals surface area contributed by atoms with Crippen molar-refractivity contribution in [1.29, 1.82) is 0 Å². The van der Waals surface area contributed by atoms with Crippen molar-refractivity contribution in [1.82, 2.24) is 0 Å². The molecule has 0 radical (unpaired) electrons. The first-order chi connectivity index (χ1) is 6.55. The van der Waals surface area contributed by atoms with Crippen molar-refractivity contribution in [3.63, 3.8) is 0 Å². The standard InChI is InChI=1S/C9H8O4S/c10-7-3-5-8-4-1-2-6-9(8)14(11,12)13/h1-7H,(H,11,12,13). The van der Waals surface area contributed by atoms with E-state index in [0.717, 1.165) is 6.08 Å². The molecule has 4 nitrogen and oxygen atoms in total. The zero-order chi connectivity index (χ0) is 10.6. The first-order valence-electron chi connectivity index (χ1n) is 3.74. The number of hydrogen-bond acceptors (Lipinski definition) is 3. The third kappa shape index (κ3) is 2.51. The van der Waals surface area contributed by atoms with Gasteiger partial charge >= 0.3 is 0 Å². The second-order valence-electron chi connectivity index (χ2n) is 2.51. The smallest absolute Gasteiger partial charge is 0.295 e. The minimum atomic E-state index is -4.23. The highest BCUT2D eigenvalue weighted by Gasteiger charge is 2.12. The summed E-state index contributed by atoms with van der Waals surface area (Å²) in [7, 11) is -4.23. The second kappa shape index (κ2) is 4.17. The summed E-state index contributed by atoms with van der Waals surface area (Å²) < 4.78 is 30.5. The first kappa shape index (κ1) is 10.6. The van der Waals surface area contributed by atoms with Crippen molar-refractivity contribution in [2.45, 2.75) is 4.90 Å². The molecule has 0 unspecified atom stereocenters. The molecular formula is C9H8O4S. The molecule has 74 valence electrons. The van der Waals surface area contributed by atoms with E-state index in [-0.39, 0.29) is 10.5 Å². The Bertz CT molecular complexity index is 459. The fourth-order valence-corrected chi connectivity index (χ4v) is 1.68. The van der Waals surface area contributed by atoms with Crippen LogP contribution in [0.5, 0.6) is 0 Å². The van der Waals surface area contributed by atoms with E-state index in [1.54, 1.807) is 6.07 Å². The van der Waals surface area contributed by atoms with Gasteiger partial charge < -0.3 is 0 Å². The quantitative estimate of drug-likeness (QED) is 0.463. The Morgan fingerprint density at radius 1 is 1.21 bits per heavy atom. The summed E-state index contributed by atoms with van der Waals surface area (Å²) in [5, 5.41) is 0. The van der Waals surface area contributed by atoms with Gasteiger partial charge in [-0.15, -0.1) is 0 Å². The van der Waals surface area contributed by atoms with Crippen molar-refractivity contribution in [2.24, 2.45) is 0 Å². The fourth-order valence-electron chi connectivity index (χ4n) is 0.996. The van der Waals surface area contributed by atoms with Crippen molar-refractivity contribution in [3.05, 3.63) is 35.9 Å². The Labute approximate surface area is 81.6 Å². The molecule has 0 atom stereocenters. The zero-order valence-electron chi connectivity index (χ0n) is 7.12. The third-order valence-electron chi connectivity index (χ3n) is 1.55. The predicted octanol–water partition coefficient (Wildman–Crippen LogP) is 1.15. The number of rotatable bonds is 3. The SMILES string of the molecule is O=CC=Cc1ccccc1S(=O)(=O)O. The van der Waals surface area contributed by atoms with E-state index in [9.17, 15) is 13.2 Å². The predicted molar refractivity (Wildman–Crippen MR) is 51.4 cm³/mol. The van der Waals surface area contributed by atoms with Crippen LogP contribution < -0.4 is 0 Å². The second-order valence-corrected chi connectivity index (χ2v) is 3.90. The molecule has 0 heterocycles. The van der Waals surface area contributed by atoms with Gasteiger partial charge in [0.15, 0.2) is 0 Å². The molecule has 0 amide bonds. The number of aldehydes is 1. The largest absolute Gasteiger partial charge is 0.299 e. The molecule has 1 aromatic rings. The Balaban J connectivity index is 3.30. The van der Waals surface area contributed by atoms with Crippen molar-refractivity contribution >= 4 is 22.5 Å². The molecule has 5 heteroatoms. The van der Waals surface area contributed by atoms with Gasteiger partial charge in [-0.25, -0.2) is 0 Å². The highest BCUT2D eigenvalue weighted by Crippen LogP contribution is 2.15. The van der Waals surface area contributed by atoms with Crippen LogP contribution in [0.15, 0.2) is 35.2 Å². The molecule has 0 saturated heterocycles. The Kier molecular flexibility index (Phi) is 3.16. The van der Waals surface area contributed by atoms with Gasteiger partial charge in [0.05, 0.1) is 0 Å². The summed E-state index contributed by atoms with van der Waals surface area (Å²) in [6.07, 6.45) is 3.00. The van der Waals surface area contributed by atoms with E-state index in [2.05, 4.69) is 0 Å². The van der Waals surface area contributed by atoms with Crippen molar-refractivity contribution in [3.8, 4) is 0 Å². The van der Waals surface area contributed by atoms with Crippen LogP contribution >= 0.6 is 0 Å². The Morgan fingerprint density at radius 2 is 1.86 bits per heavy atom. The fraction of sp³-hybridized carbons (Fsp3) is 0. The summed E-state index contributed by atoms with van der Waals surface area (Å²) in [5.74, 6) is 0. The van der Waals surface area contributed by atoms with Crippen LogP contribution in [-0.2, 0) is 14.9 Å². The molecule has 1 aromatic carbocycles.